The summed E-state index contributed by atoms with van der Waals surface area (Å²) >= 11 is 0. The molecule has 0 aromatic heterocycles. The van der Waals surface area contributed by atoms with Crippen LogP contribution in [0.25, 0.3) is 0 Å². The van der Waals surface area contributed by atoms with Crippen molar-refractivity contribution >= 4 is 21.6 Å². The number of hydrogen-bond donors (Lipinski definition) is 1. The molecule has 22 heavy (non-hydrogen) atoms. The number of ether oxygens (including phenoxy) is 2. The first-order chi connectivity index (χ1) is 10.4. The lowest BCUT2D eigenvalue weighted by atomic mass is 10.2. The molecule has 1 aromatic rings. The van der Waals surface area contributed by atoms with Gasteiger partial charge in [-0.1, -0.05) is 0 Å². The minimum Gasteiger partial charge on any atom is -0.486 e. The quantitative estimate of drug-likeness (QED) is 0.852. The van der Waals surface area contributed by atoms with Crippen molar-refractivity contribution in [3.63, 3.8) is 0 Å². The summed E-state index contributed by atoms with van der Waals surface area (Å²) in [6.07, 6.45) is 2.98. The molecule has 120 valence electrons. The van der Waals surface area contributed by atoms with E-state index in [1.807, 2.05) is 0 Å². The molecular formula is C14H18N2O5S. The van der Waals surface area contributed by atoms with Gasteiger partial charge in [-0.25, -0.2) is 8.42 Å². The maximum Gasteiger partial charge on any atom is 0.240 e. The van der Waals surface area contributed by atoms with Gasteiger partial charge in [0, 0.05) is 12.1 Å². The standard InChI is InChI=1S/C14H18N2O5S/c1-22(18,19)16(9-14(17)15-10-2-3-10)11-4-5-12-13(8-11)21-7-6-20-12/h4-5,8,10H,2-3,6-7,9H2,1H3,(H,15,17). The lowest BCUT2D eigenvalue weighted by molar-refractivity contribution is -0.119. The Morgan fingerprint density at radius 3 is 2.59 bits per heavy atom. The fourth-order valence-electron chi connectivity index (χ4n) is 2.22. The van der Waals surface area contributed by atoms with E-state index in [2.05, 4.69) is 5.32 Å². The Balaban J connectivity index is 1.83. The maximum absolute atomic E-state index is 12.0. The number of rotatable bonds is 5. The van der Waals surface area contributed by atoms with Crippen LogP contribution in [0.1, 0.15) is 12.8 Å². The van der Waals surface area contributed by atoms with E-state index in [1.54, 1.807) is 18.2 Å². The van der Waals surface area contributed by atoms with Crippen LogP contribution in [0.5, 0.6) is 11.5 Å². The van der Waals surface area contributed by atoms with Crippen molar-refractivity contribution in [1.82, 2.24) is 5.32 Å². The Morgan fingerprint density at radius 1 is 1.27 bits per heavy atom. The largest absolute Gasteiger partial charge is 0.486 e. The van der Waals surface area contributed by atoms with Gasteiger partial charge in [0.25, 0.3) is 0 Å². The Morgan fingerprint density at radius 2 is 1.95 bits per heavy atom. The van der Waals surface area contributed by atoms with Crippen LogP contribution in [0.3, 0.4) is 0 Å². The Bertz CT molecular complexity index is 684. The molecule has 0 radical (unpaired) electrons. The second-order valence-corrected chi connectivity index (χ2v) is 7.35. The number of benzene rings is 1. The van der Waals surface area contributed by atoms with Crippen LogP contribution in [0.4, 0.5) is 5.69 Å². The lowest BCUT2D eigenvalue weighted by Gasteiger charge is -2.24. The van der Waals surface area contributed by atoms with Crippen molar-refractivity contribution in [2.45, 2.75) is 18.9 Å². The Labute approximate surface area is 129 Å². The molecule has 1 aliphatic heterocycles. The van der Waals surface area contributed by atoms with E-state index >= 15 is 0 Å². The number of nitrogens with one attached hydrogen (secondary N) is 1. The highest BCUT2D eigenvalue weighted by atomic mass is 32.2. The minimum absolute atomic E-state index is 0.189. The average Bonchev–Trinajstić information content (AvgIpc) is 3.27. The van der Waals surface area contributed by atoms with Gasteiger partial charge in [0.2, 0.25) is 15.9 Å². The van der Waals surface area contributed by atoms with Gasteiger partial charge < -0.3 is 14.8 Å². The molecule has 1 amide bonds. The van der Waals surface area contributed by atoms with Crippen molar-refractivity contribution in [3.05, 3.63) is 18.2 Å². The molecular weight excluding hydrogens is 308 g/mol. The molecule has 0 bridgehead atoms. The normalized spacial score (nSPS) is 17.0. The number of nitrogens with zero attached hydrogens (tertiary/aromatic N) is 1. The smallest absolute Gasteiger partial charge is 0.240 e. The average molecular weight is 326 g/mol. The van der Waals surface area contributed by atoms with E-state index in [4.69, 9.17) is 9.47 Å². The molecule has 1 aromatic carbocycles. The van der Waals surface area contributed by atoms with E-state index < -0.39 is 10.0 Å². The second-order valence-electron chi connectivity index (χ2n) is 5.44. The highest BCUT2D eigenvalue weighted by Crippen LogP contribution is 2.34. The third-order valence-corrected chi connectivity index (χ3v) is 4.58. The number of carbonyl (C=O) groups excluding carboxylic acids is 1. The SMILES string of the molecule is CS(=O)(=O)N(CC(=O)NC1CC1)c1ccc2c(c1)OCCO2. The molecule has 1 fully saturated rings. The van der Waals surface area contributed by atoms with Gasteiger partial charge in [0.1, 0.15) is 19.8 Å². The first-order valence-electron chi connectivity index (χ1n) is 7.10. The lowest BCUT2D eigenvalue weighted by Crippen LogP contribution is -2.41. The summed E-state index contributed by atoms with van der Waals surface area (Å²) < 4.78 is 36.0. The predicted octanol–water partition coefficient (Wildman–Crippen LogP) is 0.502. The zero-order chi connectivity index (χ0) is 15.7. The van der Waals surface area contributed by atoms with Crippen LogP contribution in [0, 0.1) is 0 Å². The molecule has 0 atom stereocenters. The van der Waals surface area contributed by atoms with E-state index in [0.717, 1.165) is 23.4 Å². The topological polar surface area (TPSA) is 84.9 Å². The highest BCUT2D eigenvalue weighted by Gasteiger charge is 2.27. The zero-order valence-electron chi connectivity index (χ0n) is 12.2. The van der Waals surface area contributed by atoms with E-state index in [-0.39, 0.29) is 18.5 Å². The molecule has 1 N–H and O–H groups in total. The van der Waals surface area contributed by atoms with Gasteiger partial charge in [0.15, 0.2) is 11.5 Å². The fraction of sp³-hybridized carbons (Fsp3) is 0.500. The molecule has 1 heterocycles. The van der Waals surface area contributed by atoms with Crippen molar-refractivity contribution in [1.29, 1.82) is 0 Å². The number of sulfonamides is 1. The van der Waals surface area contributed by atoms with Gasteiger partial charge in [-0.05, 0) is 25.0 Å². The van der Waals surface area contributed by atoms with Crippen molar-refractivity contribution in [2.75, 3.05) is 30.3 Å². The molecule has 0 unspecified atom stereocenters. The third-order valence-electron chi connectivity index (χ3n) is 3.44. The second kappa shape index (κ2) is 5.68. The summed E-state index contributed by atoms with van der Waals surface area (Å²) in [7, 11) is -3.58. The van der Waals surface area contributed by atoms with E-state index in [9.17, 15) is 13.2 Å². The van der Waals surface area contributed by atoms with Crippen LogP contribution in [-0.4, -0.2) is 46.4 Å². The number of carbonyl (C=O) groups is 1. The van der Waals surface area contributed by atoms with Crippen LogP contribution in [0.2, 0.25) is 0 Å². The monoisotopic (exact) mass is 326 g/mol. The summed E-state index contributed by atoms with van der Waals surface area (Å²) in [5, 5.41) is 2.79. The molecule has 2 aliphatic rings. The molecule has 3 rings (SSSR count). The van der Waals surface area contributed by atoms with E-state index in [1.165, 1.54) is 0 Å². The zero-order valence-corrected chi connectivity index (χ0v) is 13.1. The molecule has 1 saturated carbocycles. The molecule has 7 nitrogen and oxygen atoms in total. The summed E-state index contributed by atoms with van der Waals surface area (Å²) in [6.45, 7) is 0.637. The van der Waals surface area contributed by atoms with Crippen LogP contribution in [0.15, 0.2) is 18.2 Å². The summed E-state index contributed by atoms with van der Waals surface area (Å²) in [5.74, 6) is 0.758. The summed E-state index contributed by atoms with van der Waals surface area (Å²) in [5.41, 5.74) is 0.387. The van der Waals surface area contributed by atoms with Crippen molar-refractivity contribution < 1.29 is 22.7 Å². The third kappa shape index (κ3) is 3.44. The van der Waals surface area contributed by atoms with Crippen LogP contribution >= 0.6 is 0 Å². The Hall–Kier alpha value is -1.96. The van der Waals surface area contributed by atoms with E-state index in [0.29, 0.717) is 30.4 Å². The minimum atomic E-state index is -3.58. The van der Waals surface area contributed by atoms with Gasteiger partial charge in [0.05, 0.1) is 11.9 Å². The summed E-state index contributed by atoms with van der Waals surface area (Å²) in [6, 6.07) is 5.04. The fourth-order valence-corrected chi connectivity index (χ4v) is 3.07. The van der Waals surface area contributed by atoms with Crippen LogP contribution in [-0.2, 0) is 14.8 Å². The molecule has 0 saturated heterocycles. The Kier molecular flexibility index (Phi) is 3.86. The van der Waals surface area contributed by atoms with Gasteiger partial charge in [-0.15, -0.1) is 0 Å². The van der Waals surface area contributed by atoms with Gasteiger partial charge in [-0.2, -0.15) is 0 Å². The highest BCUT2D eigenvalue weighted by molar-refractivity contribution is 7.92. The molecule has 0 spiro atoms. The maximum atomic E-state index is 12.0. The van der Waals surface area contributed by atoms with Crippen molar-refractivity contribution in [2.24, 2.45) is 0 Å². The molecule has 8 heteroatoms. The summed E-state index contributed by atoms with van der Waals surface area (Å²) in [4.78, 5) is 11.9. The number of amides is 1. The number of hydrogen-bond acceptors (Lipinski definition) is 5. The number of fused-ring (bicyclic) bond motifs is 1. The van der Waals surface area contributed by atoms with Gasteiger partial charge in [-0.3, -0.25) is 9.10 Å². The van der Waals surface area contributed by atoms with Crippen molar-refractivity contribution in [3.8, 4) is 11.5 Å². The van der Waals surface area contributed by atoms with Crippen LogP contribution < -0.4 is 19.1 Å². The molecule has 1 aliphatic carbocycles. The first-order valence-corrected chi connectivity index (χ1v) is 8.95. The van der Waals surface area contributed by atoms with Gasteiger partial charge >= 0.3 is 0 Å². The number of anilines is 1. The first kappa shape index (κ1) is 15.0. The predicted molar refractivity (Wildman–Crippen MR) is 80.8 cm³/mol.